The molecule has 0 heterocycles. The quantitative estimate of drug-likeness (QED) is 0.0532. The Balaban J connectivity index is 3.33. The fraction of sp³-hybridized carbons (Fsp3) is 0.987. The van der Waals surface area contributed by atoms with E-state index in [2.05, 4.69) is 19.2 Å². The molecule has 3 N–H and O–H groups in total. The zero-order valence-electron chi connectivity index (χ0n) is 55.0. The smallest absolute Gasteiger partial charge is 0.220 e. The summed E-state index contributed by atoms with van der Waals surface area (Å²) in [6, 6.07) is -0.533. The lowest BCUT2D eigenvalue weighted by molar-refractivity contribution is -0.123. The Morgan fingerprint density at radius 1 is 0.253 bits per heavy atom. The second kappa shape index (κ2) is 71.7. The minimum absolute atomic E-state index is 0.0184. The number of amides is 1. The molecule has 0 rings (SSSR count). The van der Waals surface area contributed by atoms with E-state index in [1.165, 1.54) is 405 Å². The summed E-state index contributed by atoms with van der Waals surface area (Å²) < 4.78 is 0. The number of hydrogen-bond acceptors (Lipinski definition) is 3. The lowest BCUT2D eigenvalue weighted by atomic mass is 10.0. The molecule has 0 saturated heterocycles. The van der Waals surface area contributed by atoms with E-state index in [-0.39, 0.29) is 12.5 Å². The first-order valence-electron chi connectivity index (χ1n) is 37.7. The first kappa shape index (κ1) is 78.4. The number of carbonyl (C=O) groups excluding carboxylic acids is 1. The van der Waals surface area contributed by atoms with Crippen molar-refractivity contribution in [3.63, 3.8) is 0 Å². The van der Waals surface area contributed by atoms with Crippen molar-refractivity contribution in [2.45, 2.75) is 469 Å². The highest BCUT2D eigenvalue weighted by Gasteiger charge is 2.20. The van der Waals surface area contributed by atoms with Crippen molar-refractivity contribution >= 4 is 5.91 Å². The van der Waals surface area contributed by atoms with Gasteiger partial charge in [0.05, 0.1) is 18.8 Å². The molecule has 0 aromatic rings. The first-order valence-corrected chi connectivity index (χ1v) is 37.7. The maximum Gasteiger partial charge on any atom is 0.220 e. The van der Waals surface area contributed by atoms with Crippen LogP contribution in [0.15, 0.2) is 0 Å². The first-order chi connectivity index (χ1) is 39.2. The van der Waals surface area contributed by atoms with Gasteiger partial charge in [0.2, 0.25) is 5.91 Å². The molecule has 0 aliphatic carbocycles. The third kappa shape index (κ3) is 68.1. The summed E-state index contributed by atoms with van der Waals surface area (Å²) in [5.41, 5.74) is 0. The maximum absolute atomic E-state index is 12.6. The monoisotopic (exact) mass is 1110 g/mol. The number of nitrogens with one attached hydrogen (secondary N) is 1. The van der Waals surface area contributed by atoms with Crippen LogP contribution in [0.25, 0.3) is 0 Å². The van der Waals surface area contributed by atoms with Crippen LogP contribution in [0.4, 0.5) is 0 Å². The molecule has 1 amide bonds. The number of unbranched alkanes of at least 4 members (excludes halogenated alkanes) is 65. The maximum atomic E-state index is 12.6. The van der Waals surface area contributed by atoms with Gasteiger partial charge in [-0.05, 0) is 12.8 Å². The lowest BCUT2D eigenvalue weighted by Gasteiger charge is -2.22. The minimum Gasteiger partial charge on any atom is -0.394 e. The molecule has 0 spiro atoms. The lowest BCUT2D eigenvalue weighted by Crippen LogP contribution is -2.45. The summed E-state index contributed by atoms with van der Waals surface area (Å²) in [5, 5.41) is 23.5. The van der Waals surface area contributed by atoms with Crippen molar-refractivity contribution in [3.05, 3.63) is 0 Å². The fourth-order valence-corrected chi connectivity index (χ4v) is 12.7. The van der Waals surface area contributed by atoms with Crippen LogP contribution in [0.2, 0.25) is 0 Å². The Morgan fingerprint density at radius 3 is 0.570 bits per heavy atom. The molecule has 0 radical (unpaired) electrons. The molecule has 0 aliphatic rings. The molecule has 4 heteroatoms. The summed E-state index contributed by atoms with van der Waals surface area (Å²) in [5.74, 6) is -0.0184. The van der Waals surface area contributed by atoms with Gasteiger partial charge in [0.15, 0.2) is 0 Å². The highest BCUT2D eigenvalue weighted by molar-refractivity contribution is 5.76. The Labute approximate surface area is 499 Å². The number of aliphatic hydroxyl groups is 2. The van der Waals surface area contributed by atoms with Gasteiger partial charge in [-0.15, -0.1) is 0 Å². The van der Waals surface area contributed by atoms with Gasteiger partial charge in [0.25, 0.3) is 0 Å². The van der Waals surface area contributed by atoms with Gasteiger partial charge in [0.1, 0.15) is 0 Å². The Morgan fingerprint density at radius 2 is 0.405 bits per heavy atom. The molecule has 0 fully saturated rings. The molecule has 0 aromatic carbocycles. The van der Waals surface area contributed by atoms with Gasteiger partial charge in [-0.3, -0.25) is 4.79 Å². The van der Waals surface area contributed by atoms with Crippen molar-refractivity contribution in [2.75, 3.05) is 6.61 Å². The van der Waals surface area contributed by atoms with Crippen molar-refractivity contribution < 1.29 is 15.0 Å². The molecular formula is C75H151NO3. The Bertz CT molecular complexity index is 1080. The highest BCUT2D eigenvalue weighted by atomic mass is 16.3. The number of aliphatic hydroxyl groups excluding tert-OH is 2. The molecule has 4 nitrogen and oxygen atoms in total. The third-order valence-electron chi connectivity index (χ3n) is 18.4. The number of carbonyl (C=O) groups is 1. The predicted molar refractivity (Wildman–Crippen MR) is 355 cm³/mol. The van der Waals surface area contributed by atoms with Crippen LogP contribution >= 0.6 is 0 Å². The summed E-state index contributed by atoms with van der Waals surface area (Å²) in [6.07, 6.45) is 94.9. The molecule has 0 aliphatic heterocycles. The Kier molecular flexibility index (Phi) is 71.1. The van der Waals surface area contributed by atoms with Gasteiger partial charge in [-0.25, -0.2) is 0 Å². The topological polar surface area (TPSA) is 69.6 Å². The zero-order valence-corrected chi connectivity index (χ0v) is 55.0. The largest absolute Gasteiger partial charge is 0.394 e. The molecule has 0 aromatic heterocycles. The van der Waals surface area contributed by atoms with Crippen LogP contribution in [-0.4, -0.2) is 34.9 Å². The van der Waals surface area contributed by atoms with E-state index in [4.69, 9.17) is 0 Å². The van der Waals surface area contributed by atoms with Crippen LogP contribution < -0.4 is 5.32 Å². The van der Waals surface area contributed by atoms with E-state index in [1.807, 2.05) is 0 Å². The van der Waals surface area contributed by atoms with Crippen LogP contribution in [-0.2, 0) is 4.79 Å². The van der Waals surface area contributed by atoms with Crippen LogP contribution in [0.5, 0.6) is 0 Å². The van der Waals surface area contributed by atoms with Gasteiger partial charge < -0.3 is 15.5 Å². The zero-order chi connectivity index (χ0) is 56.9. The van der Waals surface area contributed by atoms with Crippen molar-refractivity contribution in [2.24, 2.45) is 0 Å². The molecule has 79 heavy (non-hydrogen) atoms. The normalized spacial score (nSPS) is 12.5. The molecule has 474 valence electrons. The third-order valence-corrected chi connectivity index (χ3v) is 18.4. The second-order valence-corrected chi connectivity index (χ2v) is 26.4. The molecule has 0 saturated carbocycles. The molecular weight excluding hydrogens is 963 g/mol. The average Bonchev–Trinajstić information content (AvgIpc) is 3.45. The SMILES string of the molecule is CCCCCCCCCCCCCCCCCCCCCCCCCCCCCCCCCCCCCCCCC(=O)NC(CO)C(O)CCCCCCCCCCCCCCCCCCCCCCCCCCCCCCC. The standard InChI is InChI=1S/C75H151NO3/c1-3-5-7-9-11-13-15-17-19-21-23-25-27-29-31-33-34-35-36-37-38-39-40-41-43-45-47-49-51-53-55-57-59-61-63-65-67-69-71-75(79)76-73(72-77)74(78)70-68-66-64-62-60-58-56-54-52-50-48-46-44-42-32-30-28-26-24-22-20-18-16-14-12-10-8-6-4-2/h73-74,77-78H,3-72H2,1-2H3,(H,76,79). The summed E-state index contributed by atoms with van der Waals surface area (Å²) in [6.45, 7) is 4.43. The van der Waals surface area contributed by atoms with Crippen LogP contribution in [0, 0.1) is 0 Å². The van der Waals surface area contributed by atoms with Crippen LogP contribution in [0.3, 0.4) is 0 Å². The Hall–Kier alpha value is -0.610. The number of hydrogen-bond donors (Lipinski definition) is 3. The summed E-state index contributed by atoms with van der Waals surface area (Å²) >= 11 is 0. The van der Waals surface area contributed by atoms with Gasteiger partial charge in [-0.2, -0.15) is 0 Å². The van der Waals surface area contributed by atoms with Gasteiger partial charge in [0, 0.05) is 6.42 Å². The van der Waals surface area contributed by atoms with Gasteiger partial charge >= 0.3 is 0 Å². The van der Waals surface area contributed by atoms with E-state index in [1.54, 1.807) is 0 Å². The summed E-state index contributed by atoms with van der Waals surface area (Å²) in [4.78, 5) is 12.6. The van der Waals surface area contributed by atoms with E-state index in [9.17, 15) is 15.0 Å². The van der Waals surface area contributed by atoms with E-state index < -0.39 is 12.1 Å². The van der Waals surface area contributed by atoms with Crippen molar-refractivity contribution in [1.82, 2.24) is 5.32 Å². The fourth-order valence-electron chi connectivity index (χ4n) is 12.7. The van der Waals surface area contributed by atoms with Crippen LogP contribution in [0.1, 0.15) is 457 Å². The molecule has 0 bridgehead atoms. The minimum atomic E-state index is -0.657. The predicted octanol–water partition coefficient (Wildman–Crippen LogP) is 25.8. The highest BCUT2D eigenvalue weighted by Crippen LogP contribution is 2.21. The van der Waals surface area contributed by atoms with Crippen molar-refractivity contribution in [3.8, 4) is 0 Å². The number of rotatable bonds is 72. The molecule has 2 atom stereocenters. The van der Waals surface area contributed by atoms with Gasteiger partial charge in [-0.1, -0.05) is 438 Å². The second-order valence-electron chi connectivity index (χ2n) is 26.4. The van der Waals surface area contributed by atoms with Crippen molar-refractivity contribution in [1.29, 1.82) is 0 Å². The van der Waals surface area contributed by atoms with E-state index >= 15 is 0 Å². The van der Waals surface area contributed by atoms with E-state index in [0.717, 1.165) is 25.7 Å². The van der Waals surface area contributed by atoms with E-state index in [0.29, 0.717) is 12.8 Å². The summed E-state index contributed by atoms with van der Waals surface area (Å²) in [7, 11) is 0. The average molecular weight is 1120 g/mol. The molecule has 2 unspecified atom stereocenters.